The first-order chi connectivity index (χ1) is 10.2. The van der Waals surface area contributed by atoms with E-state index in [0.29, 0.717) is 6.42 Å². The lowest BCUT2D eigenvalue weighted by atomic mass is 9.88. The van der Waals surface area contributed by atoms with Crippen molar-refractivity contribution >= 4 is 32.3 Å². The van der Waals surface area contributed by atoms with Gasteiger partial charge in [-0.25, -0.2) is 0 Å². The van der Waals surface area contributed by atoms with Gasteiger partial charge < -0.3 is 0 Å². The van der Waals surface area contributed by atoms with E-state index in [1.54, 1.807) is 0 Å². The summed E-state index contributed by atoms with van der Waals surface area (Å²) in [6.07, 6.45) is 0.466. The van der Waals surface area contributed by atoms with Crippen molar-refractivity contribution in [2.24, 2.45) is 0 Å². The van der Waals surface area contributed by atoms with E-state index < -0.39 is 0 Å². The minimum atomic E-state index is 0.466. The van der Waals surface area contributed by atoms with Crippen molar-refractivity contribution in [3.05, 3.63) is 59.2 Å². The minimum absolute atomic E-state index is 0.466. The summed E-state index contributed by atoms with van der Waals surface area (Å²) in [6.45, 7) is 4.30. The van der Waals surface area contributed by atoms with Crippen LogP contribution in [0.1, 0.15) is 16.7 Å². The van der Waals surface area contributed by atoms with E-state index in [0.717, 1.165) is 5.56 Å². The largest absolute Gasteiger partial charge is 0.198 e. The fraction of sp³-hybridized carbons (Fsp3) is 0.150. The van der Waals surface area contributed by atoms with E-state index in [9.17, 15) is 0 Å². The summed E-state index contributed by atoms with van der Waals surface area (Å²) in [7, 11) is 0. The van der Waals surface area contributed by atoms with Crippen LogP contribution >= 0.6 is 0 Å². The third-order valence-corrected chi connectivity index (χ3v) is 4.56. The highest BCUT2D eigenvalue weighted by molar-refractivity contribution is 6.24. The number of aryl methyl sites for hydroxylation is 2. The summed E-state index contributed by atoms with van der Waals surface area (Å²) >= 11 is 0. The second-order valence-corrected chi connectivity index (χ2v) is 5.82. The zero-order valence-corrected chi connectivity index (χ0v) is 12.2. The topological polar surface area (TPSA) is 23.8 Å². The smallest absolute Gasteiger partial charge is 0.0669 e. The van der Waals surface area contributed by atoms with Crippen molar-refractivity contribution in [3.8, 4) is 6.07 Å². The number of benzene rings is 4. The molecule has 0 aliphatic rings. The Labute approximate surface area is 123 Å². The summed E-state index contributed by atoms with van der Waals surface area (Å²) in [5.74, 6) is 0. The Kier molecular flexibility index (Phi) is 2.43. The maximum Gasteiger partial charge on any atom is 0.0669 e. The molecule has 0 aromatic heterocycles. The van der Waals surface area contributed by atoms with Gasteiger partial charge in [0.25, 0.3) is 0 Å². The first kappa shape index (κ1) is 12.2. The zero-order chi connectivity index (χ0) is 14.6. The van der Waals surface area contributed by atoms with Gasteiger partial charge in [-0.05, 0) is 62.9 Å². The number of nitrogens with zero attached hydrogens (tertiary/aromatic N) is 1. The molecule has 0 saturated heterocycles. The Morgan fingerprint density at radius 3 is 2.29 bits per heavy atom. The van der Waals surface area contributed by atoms with Gasteiger partial charge >= 0.3 is 0 Å². The van der Waals surface area contributed by atoms with Gasteiger partial charge in [-0.15, -0.1) is 0 Å². The van der Waals surface area contributed by atoms with E-state index in [4.69, 9.17) is 5.26 Å². The average molecular weight is 269 g/mol. The minimum Gasteiger partial charge on any atom is -0.198 e. The molecule has 0 spiro atoms. The number of hydrogen-bond acceptors (Lipinski definition) is 1. The molecule has 0 radical (unpaired) electrons. The Morgan fingerprint density at radius 2 is 1.48 bits per heavy atom. The second kappa shape index (κ2) is 4.20. The monoisotopic (exact) mass is 269 g/mol. The van der Waals surface area contributed by atoms with Crippen molar-refractivity contribution in [2.75, 3.05) is 0 Å². The highest BCUT2D eigenvalue weighted by atomic mass is 14.2. The predicted molar refractivity (Wildman–Crippen MR) is 88.9 cm³/mol. The first-order valence-corrected chi connectivity index (χ1v) is 7.24. The Balaban J connectivity index is 2.35. The second-order valence-electron chi connectivity index (χ2n) is 5.82. The van der Waals surface area contributed by atoms with Gasteiger partial charge in [0.05, 0.1) is 12.5 Å². The fourth-order valence-corrected chi connectivity index (χ4v) is 3.54. The van der Waals surface area contributed by atoms with E-state index in [1.807, 2.05) is 0 Å². The van der Waals surface area contributed by atoms with E-state index in [1.165, 1.54) is 43.4 Å². The SMILES string of the molecule is Cc1ccc2ccc3c(C)cc(CC#N)c4ccc1c2c34. The molecule has 0 saturated carbocycles. The molecule has 0 heterocycles. The summed E-state index contributed by atoms with van der Waals surface area (Å²) in [4.78, 5) is 0. The molecule has 0 bridgehead atoms. The number of nitriles is 1. The molecular weight excluding hydrogens is 254 g/mol. The quantitative estimate of drug-likeness (QED) is 0.432. The highest BCUT2D eigenvalue weighted by Gasteiger charge is 2.13. The average Bonchev–Trinajstić information content (AvgIpc) is 2.49. The van der Waals surface area contributed by atoms with Crippen molar-refractivity contribution in [1.82, 2.24) is 0 Å². The summed E-state index contributed by atoms with van der Waals surface area (Å²) in [5, 5.41) is 16.9. The van der Waals surface area contributed by atoms with Gasteiger partial charge in [-0.3, -0.25) is 0 Å². The van der Waals surface area contributed by atoms with Crippen LogP contribution in [-0.4, -0.2) is 0 Å². The van der Waals surface area contributed by atoms with Crippen LogP contribution in [0.4, 0.5) is 0 Å². The number of hydrogen-bond donors (Lipinski definition) is 0. The van der Waals surface area contributed by atoms with E-state index in [-0.39, 0.29) is 0 Å². The van der Waals surface area contributed by atoms with Crippen molar-refractivity contribution in [3.63, 3.8) is 0 Å². The summed E-state index contributed by atoms with van der Waals surface area (Å²) in [5.41, 5.74) is 3.70. The Bertz CT molecular complexity index is 1030. The molecule has 0 aliphatic heterocycles. The van der Waals surface area contributed by atoms with Crippen LogP contribution in [0.15, 0.2) is 42.5 Å². The third kappa shape index (κ3) is 1.56. The molecule has 21 heavy (non-hydrogen) atoms. The lowest BCUT2D eigenvalue weighted by Gasteiger charge is -2.16. The van der Waals surface area contributed by atoms with Crippen LogP contribution < -0.4 is 0 Å². The molecule has 0 atom stereocenters. The lowest BCUT2D eigenvalue weighted by Crippen LogP contribution is -1.92. The van der Waals surface area contributed by atoms with E-state index in [2.05, 4.69) is 62.4 Å². The van der Waals surface area contributed by atoms with Gasteiger partial charge in [0.1, 0.15) is 0 Å². The van der Waals surface area contributed by atoms with E-state index >= 15 is 0 Å². The molecule has 0 N–H and O–H groups in total. The molecule has 4 aromatic carbocycles. The molecule has 4 aromatic rings. The van der Waals surface area contributed by atoms with Gasteiger partial charge in [0, 0.05) is 0 Å². The van der Waals surface area contributed by atoms with Crippen LogP contribution in [-0.2, 0) is 6.42 Å². The van der Waals surface area contributed by atoms with Crippen LogP contribution in [0.25, 0.3) is 32.3 Å². The van der Waals surface area contributed by atoms with Gasteiger partial charge in [0.15, 0.2) is 0 Å². The standard InChI is InChI=1S/C20H15N/c1-12-3-4-14-5-6-17-13(2)11-15(9-10-21)18-8-7-16(12)19(14)20(17)18/h3-8,11H,9H2,1-2H3. The fourth-order valence-electron chi connectivity index (χ4n) is 3.54. The molecule has 4 rings (SSSR count). The maximum atomic E-state index is 9.10. The van der Waals surface area contributed by atoms with Crippen LogP contribution in [0.2, 0.25) is 0 Å². The molecule has 0 amide bonds. The molecule has 1 nitrogen and oxygen atoms in total. The Hall–Kier alpha value is -2.59. The summed E-state index contributed by atoms with van der Waals surface area (Å²) in [6, 6.07) is 17.7. The molecule has 0 aliphatic carbocycles. The third-order valence-electron chi connectivity index (χ3n) is 4.56. The predicted octanol–water partition coefficient (Wildman–Crippen LogP) is 5.27. The van der Waals surface area contributed by atoms with Crippen molar-refractivity contribution in [1.29, 1.82) is 5.26 Å². The van der Waals surface area contributed by atoms with Gasteiger partial charge in [0.2, 0.25) is 0 Å². The summed E-state index contributed by atoms with van der Waals surface area (Å²) < 4.78 is 0. The lowest BCUT2D eigenvalue weighted by molar-refractivity contribution is 1.28. The van der Waals surface area contributed by atoms with Crippen LogP contribution in [0.3, 0.4) is 0 Å². The molecule has 1 heteroatoms. The zero-order valence-electron chi connectivity index (χ0n) is 12.2. The van der Waals surface area contributed by atoms with Gasteiger partial charge in [-0.1, -0.05) is 42.5 Å². The number of rotatable bonds is 1. The van der Waals surface area contributed by atoms with Crippen molar-refractivity contribution < 1.29 is 0 Å². The molecule has 100 valence electrons. The molecule has 0 unspecified atom stereocenters. The maximum absolute atomic E-state index is 9.10. The van der Waals surface area contributed by atoms with Crippen LogP contribution in [0, 0.1) is 25.2 Å². The molecule has 0 fully saturated rings. The first-order valence-electron chi connectivity index (χ1n) is 7.24. The highest BCUT2D eigenvalue weighted by Crippen LogP contribution is 2.38. The van der Waals surface area contributed by atoms with Crippen molar-refractivity contribution in [2.45, 2.75) is 20.3 Å². The molecular formula is C20H15N. The van der Waals surface area contributed by atoms with Gasteiger partial charge in [-0.2, -0.15) is 5.26 Å². The normalized spacial score (nSPS) is 11.5. The Morgan fingerprint density at radius 1 is 0.810 bits per heavy atom. The van der Waals surface area contributed by atoms with Crippen LogP contribution in [0.5, 0.6) is 0 Å².